The number of benzene rings is 2. The minimum Gasteiger partial charge on any atom is -0.493 e. The Hall–Kier alpha value is -2.28. The average Bonchev–Trinajstić information content (AvgIpc) is 2.99. The predicted molar refractivity (Wildman–Crippen MR) is 128 cm³/mol. The number of hydrogen-bond acceptors (Lipinski definition) is 5. The summed E-state index contributed by atoms with van der Waals surface area (Å²) in [5.74, 6) is 1.40. The summed E-state index contributed by atoms with van der Waals surface area (Å²) < 4.78 is 12.2. The summed E-state index contributed by atoms with van der Waals surface area (Å²) >= 11 is 12.6. The van der Waals surface area contributed by atoms with E-state index in [1.165, 1.54) is 16.7 Å². The Kier molecular flexibility index (Phi) is 7.96. The van der Waals surface area contributed by atoms with Crippen LogP contribution < -0.4 is 9.47 Å². The fourth-order valence-corrected chi connectivity index (χ4v) is 4.18. The van der Waals surface area contributed by atoms with Crippen molar-refractivity contribution in [3.63, 3.8) is 0 Å². The third kappa shape index (κ3) is 5.65. The Labute approximate surface area is 191 Å². The predicted octanol–water partition coefficient (Wildman–Crippen LogP) is 5.88. The standard InChI is InChI=1S/C23H22ClNO3S2/c1-3-11-25-22(26)21(30-23(25)29)15-17-7-4-5-8-20(17)28-13-6-12-27-18-9-10-19(24)16(2)14-18/h3-5,7-10,14-15H,1,6,11-13H2,2H3. The zero-order chi connectivity index (χ0) is 21.5. The van der Waals surface area contributed by atoms with Crippen LogP contribution >= 0.6 is 35.6 Å². The van der Waals surface area contributed by atoms with E-state index in [-0.39, 0.29) is 5.91 Å². The van der Waals surface area contributed by atoms with E-state index in [0.717, 1.165) is 28.3 Å². The molecule has 0 bridgehead atoms. The molecule has 0 N–H and O–H groups in total. The Morgan fingerprint density at radius 2 is 1.97 bits per heavy atom. The van der Waals surface area contributed by atoms with Crippen LogP contribution in [0.2, 0.25) is 5.02 Å². The quantitative estimate of drug-likeness (QED) is 0.202. The van der Waals surface area contributed by atoms with E-state index in [1.54, 1.807) is 6.08 Å². The van der Waals surface area contributed by atoms with Gasteiger partial charge in [0.2, 0.25) is 0 Å². The largest absolute Gasteiger partial charge is 0.493 e. The van der Waals surface area contributed by atoms with Crippen molar-refractivity contribution in [2.24, 2.45) is 0 Å². The molecule has 0 atom stereocenters. The molecule has 4 nitrogen and oxygen atoms in total. The molecule has 1 saturated heterocycles. The monoisotopic (exact) mass is 459 g/mol. The molecule has 1 heterocycles. The summed E-state index contributed by atoms with van der Waals surface area (Å²) in [5.41, 5.74) is 1.82. The van der Waals surface area contributed by atoms with Crippen LogP contribution in [-0.2, 0) is 4.79 Å². The highest BCUT2D eigenvalue weighted by Gasteiger charge is 2.31. The molecule has 0 radical (unpaired) electrons. The van der Waals surface area contributed by atoms with Gasteiger partial charge in [-0.15, -0.1) is 6.58 Å². The van der Waals surface area contributed by atoms with E-state index in [2.05, 4.69) is 6.58 Å². The number of nitrogens with zero attached hydrogens (tertiary/aromatic N) is 1. The second kappa shape index (κ2) is 10.7. The van der Waals surface area contributed by atoms with Crippen molar-refractivity contribution < 1.29 is 14.3 Å². The van der Waals surface area contributed by atoms with E-state index in [0.29, 0.717) is 34.7 Å². The zero-order valence-corrected chi connectivity index (χ0v) is 19.0. The molecule has 2 aromatic rings. The topological polar surface area (TPSA) is 38.8 Å². The molecular formula is C23H22ClNO3S2. The van der Waals surface area contributed by atoms with E-state index < -0.39 is 0 Å². The number of para-hydroxylation sites is 1. The number of thiocarbonyl (C=S) groups is 1. The first-order chi connectivity index (χ1) is 14.5. The molecule has 3 rings (SSSR count). The maximum atomic E-state index is 12.5. The van der Waals surface area contributed by atoms with Gasteiger partial charge in [0.25, 0.3) is 5.91 Å². The van der Waals surface area contributed by atoms with Gasteiger partial charge in [-0.05, 0) is 42.8 Å². The summed E-state index contributed by atoms with van der Waals surface area (Å²) in [6.45, 7) is 7.06. The van der Waals surface area contributed by atoms with Crippen molar-refractivity contribution >= 4 is 51.9 Å². The number of thioether (sulfide) groups is 1. The van der Waals surface area contributed by atoms with Gasteiger partial charge in [0, 0.05) is 23.6 Å². The molecule has 0 aliphatic carbocycles. The number of carbonyl (C=O) groups is 1. The molecule has 1 fully saturated rings. The highest BCUT2D eigenvalue weighted by Crippen LogP contribution is 2.34. The van der Waals surface area contributed by atoms with E-state index in [9.17, 15) is 4.79 Å². The molecule has 7 heteroatoms. The van der Waals surface area contributed by atoms with Crippen LogP contribution in [0, 0.1) is 6.92 Å². The third-order valence-corrected chi connectivity index (χ3v) is 6.14. The van der Waals surface area contributed by atoms with Gasteiger partial charge in [-0.25, -0.2) is 0 Å². The van der Waals surface area contributed by atoms with Crippen LogP contribution in [0.3, 0.4) is 0 Å². The molecule has 0 spiro atoms. The first-order valence-electron chi connectivity index (χ1n) is 9.46. The average molecular weight is 460 g/mol. The first-order valence-corrected chi connectivity index (χ1v) is 11.1. The molecule has 1 amide bonds. The molecule has 156 valence electrons. The Morgan fingerprint density at radius 3 is 2.73 bits per heavy atom. The van der Waals surface area contributed by atoms with Crippen molar-refractivity contribution in [2.45, 2.75) is 13.3 Å². The van der Waals surface area contributed by atoms with Crippen molar-refractivity contribution in [2.75, 3.05) is 19.8 Å². The van der Waals surface area contributed by atoms with Crippen LogP contribution in [0.1, 0.15) is 17.5 Å². The summed E-state index contributed by atoms with van der Waals surface area (Å²) in [7, 11) is 0. The highest BCUT2D eigenvalue weighted by atomic mass is 35.5. The van der Waals surface area contributed by atoms with Gasteiger partial charge in [0.15, 0.2) is 0 Å². The zero-order valence-electron chi connectivity index (χ0n) is 16.6. The lowest BCUT2D eigenvalue weighted by molar-refractivity contribution is -0.121. The summed E-state index contributed by atoms with van der Waals surface area (Å²) in [5, 5.41) is 0.726. The molecule has 30 heavy (non-hydrogen) atoms. The number of halogens is 1. The van der Waals surface area contributed by atoms with Gasteiger partial charge in [0.1, 0.15) is 15.8 Å². The molecule has 0 saturated carbocycles. The SMILES string of the molecule is C=CCN1C(=O)C(=Cc2ccccc2OCCCOc2ccc(Cl)c(C)c2)SC1=S. The smallest absolute Gasteiger partial charge is 0.266 e. The van der Waals surface area contributed by atoms with Crippen molar-refractivity contribution in [1.82, 2.24) is 4.90 Å². The van der Waals surface area contributed by atoms with E-state index in [1.807, 2.05) is 55.5 Å². The van der Waals surface area contributed by atoms with Crippen LogP contribution in [0.25, 0.3) is 6.08 Å². The minimum atomic E-state index is -0.105. The van der Waals surface area contributed by atoms with Crippen molar-refractivity contribution in [1.29, 1.82) is 0 Å². The number of aryl methyl sites for hydroxylation is 1. The molecule has 1 aliphatic heterocycles. The van der Waals surface area contributed by atoms with Gasteiger partial charge < -0.3 is 9.47 Å². The number of rotatable bonds is 9. The number of hydrogen-bond donors (Lipinski definition) is 0. The van der Waals surface area contributed by atoms with Gasteiger partial charge in [-0.1, -0.05) is 59.9 Å². The maximum absolute atomic E-state index is 12.5. The highest BCUT2D eigenvalue weighted by molar-refractivity contribution is 8.26. The lowest BCUT2D eigenvalue weighted by Gasteiger charge is -2.11. The van der Waals surface area contributed by atoms with Crippen molar-refractivity contribution in [3.05, 3.63) is 76.2 Å². The van der Waals surface area contributed by atoms with Crippen LogP contribution in [-0.4, -0.2) is 34.9 Å². The summed E-state index contributed by atoms with van der Waals surface area (Å²) in [4.78, 5) is 14.7. The number of amides is 1. The molecule has 2 aromatic carbocycles. The minimum absolute atomic E-state index is 0.105. The van der Waals surface area contributed by atoms with Crippen LogP contribution in [0.15, 0.2) is 60.0 Å². The fraction of sp³-hybridized carbons (Fsp3) is 0.217. The molecule has 0 aromatic heterocycles. The normalized spacial score (nSPS) is 15.0. The first kappa shape index (κ1) is 22.4. The van der Waals surface area contributed by atoms with Gasteiger partial charge >= 0.3 is 0 Å². The van der Waals surface area contributed by atoms with Crippen molar-refractivity contribution in [3.8, 4) is 11.5 Å². The lowest BCUT2D eigenvalue weighted by Crippen LogP contribution is -2.27. The van der Waals surface area contributed by atoms with Gasteiger partial charge in [-0.3, -0.25) is 9.69 Å². The molecule has 0 unspecified atom stereocenters. The van der Waals surface area contributed by atoms with E-state index in [4.69, 9.17) is 33.3 Å². The van der Waals surface area contributed by atoms with Crippen LogP contribution in [0.5, 0.6) is 11.5 Å². The summed E-state index contributed by atoms with van der Waals surface area (Å²) in [6.07, 6.45) is 4.21. The Balaban J connectivity index is 1.56. The van der Waals surface area contributed by atoms with Gasteiger partial charge in [0.05, 0.1) is 18.1 Å². The van der Waals surface area contributed by atoms with Crippen LogP contribution in [0.4, 0.5) is 0 Å². The number of carbonyl (C=O) groups excluding carboxylic acids is 1. The lowest BCUT2D eigenvalue weighted by atomic mass is 10.2. The summed E-state index contributed by atoms with van der Waals surface area (Å²) in [6, 6.07) is 13.2. The second-order valence-electron chi connectivity index (χ2n) is 6.58. The molecular weight excluding hydrogens is 438 g/mol. The Bertz CT molecular complexity index is 990. The van der Waals surface area contributed by atoms with Gasteiger partial charge in [-0.2, -0.15) is 0 Å². The second-order valence-corrected chi connectivity index (χ2v) is 8.66. The molecule has 1 aliphatic rings. The maximum Gasteiger partial charge on any atom is 0.266 e. The Morgan fingerprint density at radius 1 is 1.20 bits per heavy atom. The fourth-order valence-electron chi connectivity index (χ4n) is 2.80. The third-order valence-electron chi connectivity index (χ3n) is 4.34. The van der Waals surface area contributed by atoms with E-state index >= 15 is 0 Å². The number of ether oxygens (including phenoxy) is 2.